The lowest BCUT2D eigenvalue weighted by Gasteiger charge is -2.36. The SMILES string of the molecule is CC(C)(C)[Si](C)(C)OCCCCCCOCc1ccc(C[Si](C)(C)C)cc1. The number of hydrogen-bond donors (Lipinski definition) is 0. The molecule has 1 aromatic carbocycles. The van der Waals surface area contributed by atoms with Crippen molar-refractivity contribution in [1.29, 1.82) is 0 Å². The molecule has 0 bridgehead atoms. The molecule has 0 N–H and O–H groups in total. The fraction of sp³-hybridized carbons (Fsp3) is 0.739. The first kappa shape index (κ1) is 24.6. The molecular formula is C23H44O2Si2. The van der Waals surface area contributed by atoms with Crippen molar-refractivity contribution in [2.45, 2.75) is 96.9 Å². The molecule has 0 radical (unpaired) electrons. The first-order chi connectivity index (χ1) is 12.4. The molecule has 0 unspecified atom stereocenters. The molecule has 0 spiro atoms. The molecule has 1 rings (SSSR count). The van der Waals surface area contributed by atoms with E-state index >= 15 is 0 Å². The molecule has 156 valence electrons. The fourth-order valence-corrected chi connectivity index (χ4v) is 5.31. The van der Waals surface area contributed by atoms with E-state index in [-0.39, 0.29) is 0 Å². The Hall–Kier alpha value is -0.426. The Labute approximate surface area is 171 Å². The second kappa shape index (κ2) is 10.9. The Bertz CT molecular complexity index is 525. The van der Waals surface area contributed by atoms with Gasteiger partial charge in [-0.05, 0) is 42.6 Å². The van der Waals surface area contributed by atoms with E-state index in [1.54, 1.807) is 0 Å². The monoisotopic (exact) mass is 408 g/mol. The van der Waals surface area contributed by atoms with E-state index in [1.165, 1.54) is 36.4 Å². The first-order valence-electron chi connectivity index (χ1n) is 10.7. The molecule has 0 aliphatic rings. The maximum atomic E-state index is 6.23. The molecule has 0 aliphatic heterocycles. The molecule has 0 fully saturated rings. The van der Waals surface area contributed by atoms with Crippen molar-refractivity contribution in [3.63, 3.8) is 0 Å². The van der Waals surface area contributed by atoms with Gasteiger partial charge in [-0.1, -0.05) is 83.1 Å². The van der Waals surface area contributed by atoms with Gasteiger partial charge in [-0.25, -0.2) is 0 Å². The second-order valence-electron chi connectivity index (χ2n) is 10.6. The lowest BCUT2D eigenvalue weighted by Crippen LogP contribution is -2.40. The molecule has 0 aliphatic carbocycles. The van der Waals surface area contributed by atoms with Crippen LogP contribution in [0.25, 0.3) is 0 Å². The summed E-state index contributed by atoms with van der Waals surface area (Å²) in [7, 11) is -2.59. The number of rotatable bonds is 12. The zero-order chi connectivity index (χ0) is 20.6. The van der Waals surface area contributed by atoms with Crippen LogP contribution < -0.4 is 0 Å². The van der Waals surface area contributed by atoms with Crippen molar-refractivity contribution < 1.29 is 9.16 Å². The molecule has 0 amide bonds. The third-order valence-electron chi connectivity index (χ3n) is 5.48. The maximum Gasteiger partial charge on any atom is 0.191 e. The average molecular weight is 409 g/mol. The third-order valence-corrected chi connectivity index (χ3v) is 11.5. The summed E-state index contributed by atoms with van der Waals surface area (Å²) in [6, 6.07) is 10.3. The molecule has 0 saturated carbocycles. The molecule has 0 atom stereocenters. The summed E-state index contributed by atoms with van der Waals surface area (Å²) in [5.41, 5.74) is 2.76. The van der Waals surface area contributed by atoms with Gasteiger partial charge in [0.15, 0.2) is 8.32 Å². The van der Waals surface area contributed by atoms with Gasteiger partial charge in [-0.15, -0.1) is 0 Å². The van der Waals surface area contributed by atoms with Crippen LogP contribution in [0, 0.1) is 0 Å². The normalized spacial score (nSPS) is 13.2. The summed E-state index contributed by atoms with van der Waals surface area (Å²) < 4.78 is 12.1. The van der Waals surface area contributed by atoms with E-state index in [0.29, 0.717) is 5.04 Å². The van der Waals surface area contributed by atoms with Gasteiger partial charge in [0.1, 0.15) is 0 Å². The van der Waals surface area contributed by atoms with E-state index in [2.05, 4.69) is 77.8 Å². The highest BCUT2D eigenvalue weighted by atomic mass is 28.4. The summed E-state index contributed by atoms with van der Waals surface area (Å²) in [5.74, 6) is 0. The van der Waals surface area contributed by atoms with Gasteiger partial charge in [-0.3, -0.25) is 0 Å². The van der Waals surface area contributed by atoms with Crippen LogP contribution in [0.1, 0.15) is 57.6 Å². The van der Waals surface area contributed by atoms with E-state index in [4.69, 9.17) is 9.16 Å². The van der Waals surface area contributed by atoms with Gasteiger partial charge in [0.05, 0.1) is 6.61 Å². The average Bonchev–Trinajstić information content (AvgIpc) is 2.52. The zero-order valence-corrected chi connectivity index (χ0v) is 21.3. The van der Waals surface area contributed by atoms with Crippen LogP contribution in [-0.2, 0) is 21.8 Å². The van der Waals surface area contributed by atoms with Crippen molar-refractivity contribution in [3.05, 3.63) is 35.4 Å². The van der Waals surface area contributed by atoms with Gasteiger partial charge in [-0.2, -0.15) is 0 Å². The predicted octanol–water partition coefficient (Wildman–Crippen LogP) is 7.21. The Morgan fingerprint density at radius 2 is 1.26 bits per heavy atom. The first-order valence-corrected chi connectivity index (χ1v) is 17.3. The molecule has 27 heavy (non-hydrogen) atoms. The summed E-state index contributed by atoms with van der Waals surface area (Å²) in [6.45, 7) is 21.3. The summed E-state index contributed by atoms with van der Waals surface area (Å²) in [4.78, 5) is 0. The van der Waals surface area contributed by atoms with Gasteiger partial charge in [0, 0.05) is 21.3 Å². The van der Waals surface area contributed by atoms with E-state index in [9.17, 15) is 0 Å². The molecule has 1 aromatic rings. The van der Waals surface area contributed by atoms with Crippen LogP contribution in [0.15, 0.2) is 24.3 Å². The van der Waals surface area contributed by atoms with Gasteiger partial charge in [0.2, 0.25) is 0 Å². The predicted molar refractivity (Wildman–Crippen MR) is 125 cm³/mol. The number of unbranched alkanes of at least 4 members (excludes halogenated alkanes) is 3. The lowest BCUT2D eigenvalue weighted by molar-refractivity contribution is 0.116. The Morgan fingerprint density at radius 1 is 0.741 bits per heavy atom. The van der Waals surface area contributed by atoms with Crippen molar-refractivity contribution >= 4 is 16.4 Å². The van der Waals surface area contributed by atoms with Crippen molar-refractivity contribution in [3.8, 4) is 0 Å². The highest BCUT2D eigenvalue weighted by molar-refractivity contribution is 6.75. The van der Waals surface area contributed by atoms with E-state index in [1.807, 2.05) is 0 Å². The Morgan fingerprint density at radius 3 is 1.78 bits per heavy atom. The summed E-state index contributed by atoms with van der Waals surface area (Å²) >= 11 is 0. The van der Waals surface area contributed by atoms with Crippen molar-refractivity contribution in [1.82, 2.24) is 0 Å². The van der Waals surface area contributed by atoms with Crippen LogP contribution in [0.2, 0.25) is 37.8 Å². The second-order valence-corrected chi connectivity index (χ2v) is 20.9. The van der Waals surface area contributed by atoms with Crippen LogP contribution in [0.4, 0.5) is 0 Å². The van der Waals surface area contributed by atoms with Crippen molar-refractivity contribution in [2.24, 2.45) is 0 Å². The third kappa shape index (κ3) is 10.6. The largest absolute Gasteiger partial charge is 0.417 e. The highest BCUT2D eigenvalue weighted by Gasteiger charge is 2.36. The lowest BCUT2D eigenvalue weighted by atomic mass is 10.2. The van der Waals surface area contributed by atoms with Crippen LogP contribution in [0.5, 0.6) is 0 Å². The highest BCUT2D eigenvalue weighted by Crippen LogP contribution is 2.36. The standard InChI is InChI=1S/C23H44O2Si2/c1-23(2,3)27(7,8)25-18-12-10-9-11-17-24-19-21-13-15-22(16-14-21)20-26(4,5)6/h13-16H,9-12,17-20H2,1-8H3. The van der Waals surface area contributed by atoms with Crippen molar-refractivity contribution in [2.75, 3.05) is 13.2 Å². The van der Waals surface area contributed by atoms with Crippen LogP contribution in [-0.4, -0.2) is 29.6 Å². The summed E-state index contributed by atoms with van der Waals surface area (Å²) in [5, 5.41) is 0.313. The minimum atomic E-state index is -1.56. The topological polar surface area (TPSA) is 18.5 Å². The molecule has 0 heterocycles. The minimum Gasteiger partial charge on any atom is -0.417 e. The van der Waals surface area contributed by atoms with E-state index in [0.717, 1.165) is 26.2 Å². The van der Waals surface area contributed by atoms with Crippen LogP contribution >= 0.6 is 0 Å². The summed E-state index contributed by atoms with van der Waals surface area (Å²) in [6.07, 6.45) is 4.79. The molecule has 2 nitrogen and oxygen atoms in total. The Kier molecular flexibility index (Phi) is 9.97. The number of ether oxygens (including phenoxy) is 1. The molecule has 0 saturated heterocycles. The Balaban J connectivity index is 2.08. The van der Waals surface area contributed by atoms with Crippen LogP contribution in [0.3, 0.4) is 0 Å². The van der Waals surface area contributed by atoms with Gasteiger partial charge >= 0.3 is 0 Å². The minimum absolute atomic E-state index is 0.313. The van der Waals surface area contributed by atoms with Gasteiger partial charge in [0.25, 0.3) is 0 Å². The molecular weight excluding hydrogens is 364 g/mol. The quantitative estimate of drug-likeness (QED) is 0.269. The number of benzene rings is 1. The number of hydrogen-bond acceptors (Lipinski definition) is 2. The molecule has 0 aromatic heterocycles. The van der Waals surface area contributed by atoms with E-state index < -0.39 is 16.4 Å². The smallest absolute Gasteiger partial charge is 0.191 e. The van der Waals surface area contributed by atoms with Gasteiger partial charge < -0.3 is 9.16 Å². The zero-order valence-electron chi connectivity index (χ0n) is 19.3. The fourth-order valence-electron chi connectivity index (χ4n) is 2.76. The maximum absolute atomic E-state index is 6.23. The molecule has 4 heteroatoms.